The highest BCUT2D eigenvalue weighted by Gasteiger charge is 2.24. The maximum atomic E-state index is 13.5. The Morgan fingerprint density at radius 3 is 2.71 bits per heavy atom. The highest BCUT2D eigenvalue weighted by molar-refractivity contribution is 5.51. The number of halogens is 1. The molecule has 0 saturated carbocycles. The SMILES string of the molecule is CC1CN(c2ccc(CN)cc2F)C1. The molecule has 0 unspecified atom stereocenters. The van der Waals surface area contributed by atoms with E-state index in [2.05, 4.69) is 11.8 Å². The number of anilines is 1. The van der Waals surface area contributed by atoms with E-state index in [0.29, 0.717) is 18.2 Å². The molecule has 0 amide bonds. The number of nitrogens with zero attached hydrogens (tertiary/aromatic N) is 1. The summed E-state index contributed by atoms with van der Waals surface area (Å²) < 4.78 is 13.5. The van der Waals surface area contributed by atoms with Gasteiger partial charge in [-0.05, 0) is 23.6 Å². The molecule has 1 aliphatic rings. The predicted octanol–water partition coefficient (Wildman–Crippen LogP) is 1.74. The maximum absolute atomic E-state index is 13.5. The van der Waals surface area contributed by atoms with Gasteiger partial charge in [-0.15, -0.1) is 0 Å². The van der Waals surface area contributed by atoms with Gasteiger partial charge in [-0.2, -0.15) is 0 Å². The first kappa shape index (κ1) is 9.46. The van der Waals surface area contributed by atoms with Crippen LogP contribution in [0.5, 0.6) is 0 Å². The summed E-state index contributed by atoms with van der Waals surface area (Å²) in [6, 6.07) is 5.24. The third kappa shape index (κ3) is 1.60. The Hall–Kier alpha value is -1.09. The Kier molecular flexibility index (Phi) is 2.42. The van der Waals surface area contributed by atoms with Crippen molar-refractivity contribution in [1.29, 1.82) is 0 Å². The minimum atomic E-state index is -0.153. The fourth-order valence-electron chi connectivity index (χ4n) is 1.83. The van der Waals surface area contributed by atoms with E-state index in [0.717, 1.165) is 18.7 Å². The van der Waals surface area contributed by atoms with Crippen LogP contribution in [0, 0.1) is 11.7 Å². The molecule has 14 heavy (non-hydrogen) atoms. The van der Waals surface area contributed by atoms with Crippen molar-refractivity contribution in [3.05, 3.63) is 29.6 Å². The molecule has 1 aromatic carbocycles. The number of hydrogen-bond donors (Lipinski definition) is 1. The molecule has 2 rings (SSSR count). The van der Waals surface area contributed by atoms with Crippen molar-refractivity contribution in [3.8, 4) is 0 Å². The first-order valence-electron chi connectivity index (χ1n) is 4.94. The number of rotatable bonds is 2. The Labute approximate surface area is 83.5 Å². The van der Waals surface area contributed by atoms with Crippen LogP contribution >= 0.6 is 0 Å². The molecule has 1 aliphatic heterocycles. The largest absolute Gasteiger partial charge is 0.369 e. The van der Waals surface area contributed by atoms with Crippen LogP contribution in [0.4, 0.5) is 10.1 Å². The van der Waals surface area contributed by atoms with Gasteiger partial charge in [0.25, 0.3) is 0 Å². The molecule has 2 N–H and O–H groups in total. The third-order valence-corrected chi connectivity index (χ3v) is 2.65. The monoisotopic (exact) mass is 194 g/mol. The summed E-state index contributed by atoms with van der Waals surface area (Å²) in [6.07, 6.45) is 0. The lowest BCUT2D eigenvalue weighted by atomic mass is 10.0. The molecule has 0 aliphatic carbocycles. The molecule has 0 radical (unpaired) electrons. The van der Waals surface area contributed by atoms with Crippen molar-refractivity contribution in [3.63, 3.8) is 0 Å². The zero-order valence-corrected chi connectivity index (χ0v) is 8.33. The van der Waals surface area contributed by atoms with Crippen molar-refractivity contribution >= 4 is 5.69 Å². The fourth-order valence-corrected chi connectivity index (χ4v) is 1.83. The van der Waals surface area contributed by atoms with Gasteiger partial charge >= 0.3 is 0 Å². The third-order valence-electron chi connectivity index (χ3n) is 2.65. The topological polar surface area (TPSA) is 29.3 Å². The molecule has 0 aromatic heterocycles. The number of hydrogen-bond acceptors (Lipinski definition) is 2. The molecular formula is C11H15FN2. The zero-order valence-electron chi connectivity index (χ0n) is 8.33. The smallest absolute Gasteiger partial charge is 0.146 e. The fraction of sp³-hybridized carbons (Fsp3) is 0.455. The molecule has 3 heteroatoms. The molecule has 1 heterocycles. The molecule has 76 valence electrons. The normalized spacial score (nSPS) is 16.9. The van der Waals surface area contributed by atoms with E-state index in [-0.39, 0.29) is 5.82 Å². The van der Waals surface area contributed by atoms with Crippen LogP contribution in [0.1, 0.15) is 12.5 Å². The van der Waals surface area contributed by atoms with E-state index >= 15 is 0 Å². The van der Waals surface area contributed by atoms with Gasteiger partial charge in [0.05, 0.1) is 5.69 Å². The summed E-state index contributed by atoms with van der Waals surface area (Å²) >= 11 is 0. The first-order valence-corrected chi connectivity index (χ1v) is 4.94. The van der Waals surface area contributed by atoms with Crippen molar-refractivity contribution in [2.24, 2.45) is 11.7 Å². The van der Waals surface area contributed by atoms with Crippen LogP contribution in [0.3, 0.4) is 0 Å². The molecule has 1 saturated heterocycles. The van der Waals surface area contributed by atoms with E-state index in [1.165, 1.54) is 6.07 Å². The minimum absolute atomic E-state index is 0.153. The first-order chi connectivity index (χ1) is 6.70. The van der Waals surface area contributed by atoms with Crippen molar-refractivity contribution in [2.45, 2.75) is 13.5 Å². The van der Waals surface area contributed by atoms with Gasteiger partial charge in [-0.1, -0.05) is 13.0 Å². The summed E-state index contributed by atoms with van der Waals surface area (Å²) in [5, 5.41) is 0. The van der Waals surface area contributed by atoms with Crippen LogP contribution in [0.2, 0.25) is 0 Å². The second kappa shape index (κ2) is 3.58. The van der Waals surface area contributed by atoms with E-state index in [4.69, 9.17) is 5.73 Å². The molecule has 0 atom stereocenters. The molecule has 1 aromatic rings. The van der Waals surface area contributed by atoms with Gasteiger partial charge in [-0.25, -0.2) is 4.39 Å². The number of nitrogens with two attached hydrogens (primary N) is 1. The highest BCUT2D eigenvalue weighted by Crippen LogP contribution is 2.27. The Bertz CT molecular complexity index is 332. The Morgan fingerprint density at radius 2 is 2.21 bits per heavy atom. The average Bonchev–Trinajstić information content (AvgIpc) is 2.13. The lowest BCUT2D eigenvalue weighted by Crippen LogP contribution is -2.45. The van der Waals surface area contributed by atoms with Crippen molar-refractivity contribution in [2.75, 3.05) is 18.0 Å². The van der Waals surface area contributed by atoms with Crippen molar-refractivity contribution < 1.29 is 4.39 Å². The molecule has 0 bridgehead atoms. The van der Waals surface area contributed by atoms with E-state index in [1.807, 2.05) is 12.1 Å². The van der Waals surface area contributed by atoms with Crippen LogP contribution in [0.15, 0.2) is 18.2 Å². The summed E-state index contributed by atoms with van der Waals surface area (Å²) in [5.41, 5.74) is 6.99. The van der Waals surface area contributed by atoms with E-state index in [9.17, 15) is 4.39 Å². The van der Waals surface area contributed by atoms with Gasteiger partial charge in [0, 0.05) is 19.6 Å². The number of benzene rings is 1. The second-order valence-corrected chi connectivity index (χ2v) is 4.00. The van der Waals surface area contributed by atoms with Crippen LogP contribution in [-0.4, -0.2) is 13.1 Å². The van der Waals surface area contributed by atoms with Gasteiger partial charge in [0.2, 0.25) is 0 Å². The van der Waals surface area contributed by atoms with Crippen LogP contribution in [-0.2, 0) is 6.54 Å². The molecule has 2 nitrogen and oxygen atoms in total. The molecule has 0 spiro atoms. The average molecular weight is 194 g/mol. The van der Waals surface area contributed by atoms with Gasteiger partial charge in [-0.3, -0.25) is 0 Å². The quantitative estimate of drug-likeness (QED) is 0.777. The van der Waals surface area contributed by atoms with Crippen LogP contribution in [0.25, 0.3) is 0 Å². The molecule has 1 fully saturated rings. The van der Waals surface area contributed by atoms with Gasteiger partial charge in [0.15, 0.2) is 0 Å². The predicted molar refractivity (Wildman–Crippen MR) is 55.7 cm³/mol. The molecular weight excluding hydrogens is 179 g/mol. The maximum Gasteiger partial charge on any atom is 0.146 e. The zero-order chi connectivity index (χ0) is 10.1. The van der Waals surface area contributed by atoms with Crippen LogP contribution < -0.4 is 10.6 Å². The summed E-state index contributed by atoms with van der Waals surface area (Å²) in [5.74, 6) is 0.531. The van der Waals surface area contributed by atoms with E-state index < -0.39 is 0 Å². The standard InChI is InChI=1S/C11H15FN2/c1-8-6-14(7-8)11-3-2-9(5-13)4-10(11)12/h2-4,8H,5-7,13H2,1H3. The van der Waals surface area contributed by atoms with E-state index in [1.54, 1.807) is 0 Å². The summed E-state index contributed by atoms with van der Waals surface area (Å²) in [4.78, 5) is 2.06. The summed E-state index contributed by atoms with van der Waals surface area (Å²) in [6.45, 7) is 4.48. The van der Waals surface area contributed by atoms with Crippen molar-refractivity contribution in [1.82, 2.24) is 0 Å². The Balaban J connectivity index is 2.18. The lowest BCUT2D eigenvalue weighted by Gasteiger charge is -2.39. The van der Waals surface area contributed by atoms with Gasteiger partial charge in [0.1, 0.15) is 5.82 Å². The lowest BCUT2D eigenvalue weighted by molar-refractivity contribution is 0.439. The second-order valence-electron chi connectivity index (χ2n) is 4.00. The minimum Gasteiger partial charge on any atom is -0.369 e. The van der Waals surface area contributed by atoms with Gasteiger partial charge < -0.3 is 10.6 Å². The Morgan fingerprint density at radius 1 is 1.50 bits per heavy atom. The highest BCUT2D eigenvalue weighted by atomic mass is 19.1. The summed E-state index contributed by atoms with van der Waals surface area (Å²) in [7, 11) is 0.